The molecular formula is C12H25NO. The highest BCUT2D eigenvalue weighted by Gasteiger charge is 2.32. The van der Waals surface area contributed by atoms with Crippen molar-refractivity contribution in [2.45, 2.75) is 46.6 Å². The summed E-state index contributed by atoms with van der Waals surface area (Å²) in [4.78, 5) is 0. The van der Waals surface area contributed by atoms with Gasteiger partial charge in [-0.05, 0) is 30.7 Å². The molecule has 0 aromatic carbocycles. The second kappa shape index (κ2) is 5.13. The van der Waals surface area contributed by atoms with Crippen molar-refractivity contribution in [3.63, 3.8) is 0 Å². The van der Waals surface area contributed by atoms with Gasteiger partial charge in [0.2, 0.25) is 0 Å². The van der Waals surface area contributed by atoms with Gasteiger partial charge in [-0.25, -0.2) is 0 Å². The Morgan fingerprint density at radius 2 is 2.14 bits per heavy atom. The summed E-state index contributed by atoms with van der Waals surface area (Å²) < 4.78 is 5.56. The van der Waals surface area contributed by atoms with Crippen molar-refractivity contribution in [1.82, 2.24) is 5.32 Å². The molecule has 1 aliphatic rings. The van der Waals surface area contributed by atoms with Gasteiger partial charge < -0.3 is 10.1 Å². The summed E-state index contributed by atoms with van der Waals surface area (Å²) in [6.45, 7) is 12.1. The molecule has 0 aromatic rings. The van der Waals surface area contributed by atoms with Crippen molar-refractivity contribution in [1.29, 1.82) is 0 Å². The third-order valence-corrected chi connectivity index (χ3v) is 3.02. The molecule has 2 heteroatoms. The predicted molar refractivity (Wildman–Crippen MR) is 60.5 cm³/mol. The van der Waals surface area contributed by atoms with Crippen LogP contribution in [0.5, 0.6) is 0 Å². The van der Waals surface area contributed by atoms with E-state index in [0.29, 0.717) is 17.4 Å². The Hall–Kier alpha value is -0.0800. The van der Waals surface area contributed by atoms with Crippen LogP contribution in [0, 0.1) is 11.3 Å². The fourth-order valence-corrected chi connectivity index (χ4v) is 2.43. The highest BCUT2D eigenvalue weighted by molar-refractivity contribution is 4.87. The second-order valence-electron chi connectivity index (χ2n) is 5.38. The lowest BCUT2D eigenvalue weighted by Gasteiger charge is -2.39. The van der Waals surface area contributed by atoms with Crippen LogP contribution in [0.4, 0.5) is 0 Å². The minimum atomic E-state index is 0.335. The summed E-state index contributed by atoms with van der Waals surface area (Å²) in [5.41, 5.74) is 0.335. The number of hydrogen-bond acceptors (Lipinski definition) is 2. The zero-order valence-corrected chi connectivity index (χ0v) is 10.1. The monoisotopic (exact) mass is 199 g/mol. The van der Waals surface area contributed by atoms with Crippen molar-refractivity contribution in [2.75, 3.05) is 19.8 Å². The fraction of sp³-hybridized carbons (Fsp3) is 1.00. The molecule has 1 saturated heterocycles. The number of hydrogen-bond donors (Lipinski definition) is 1. The maximum atomic E-state index is 5.56. The molecule has 1 rings (SSSR count). The molecule has 1 N–H and O–H groups in total. The Balaban J connectivity index is 2.56. The van der Waals surface area contributed by atoms with Gasteiger partial charge in [0.05, 0.1) is 6.61 Å². The summed E-state index contributed by atoms with van der Waals surface area (Å²) in [6.07, 6.45) is 2.54. The van der Waals surface area contributed by atoms with Gasteiger partial charge >= 0.3 is 0 Å². The summed E-state index contributed by atoms with van der Waals surface area (Å²) in [7, 11) is 0. The van der Waals surface area contributed by atoms with Crippen molar-refractivity contribution in [3.8, 4) is 0 Å². The first-order valence-electron chi connectivity index (χ1n) is 5.87. The lowest BCUT2D eigenvalue weighted by molar-refractivity contribution is 0.0186. The average Bonchev–Trinajstić information content (AvgIpc) is 2.14. The SMILES string of the molecule is CCNC(C1CCCOC1)C(C)(C)C. The second-order valence-corrected chi connectivity index (χ2v) is 5.38. The summed E-state index contributed by atoms with van der Waals surface area (Å²) in [6, 6.07) is 0.591. The minimum absolute atomic E-state index is 0.335. The van der Waals surface area contributed by atoms with E-state index < -0.39 is 0 Å². The van der Waals surface area contributed by atoms with Crippen LogP contribution in [0.15, 0.2) is 0 Å². The van der Waals surface area contributed by atoms with Gasteiger partial charge in [0.15, 0.2) is 0 Å². The van der Waals surface area contributed by atoms with Gasteiger partial charge in [-0.1, -0.05) is 27.7 Å². The first kappa shape index (κ1) is 12.0. The minimum Gasteiger partial charge on any atom is -0.381 e. The molecule has 1 aliphatic heterocycles. The van der Waals surface area contributed by atoms with Crippen molar-refractivity contribution >= 4 is 0 Å². The maximum Gasteiger partial charge on any atom is 0.0509 e. The molecule has 0 amide bonds. The molecule has 0 aromatic heterocycles. The smallest absolute Gasteiger partial charge is 0.0509 e. The van der Waals surface area contributed by atoms with Crippen LogP contribution in [0.2, 0.25) is 0 Å². The van der Waals surface area contributed by atoms with Gasteiger partial charge in [-0.2, -0.15) is 0 Å². The van der Waals surface area contributed by atoms with E-state index in [9.17, 15) is 0 Å². The van der Waals surface area contributed by atoms with Gasteiger partial charge in [0, 0.05) is 12.6 Å². The first-order valence-corrected chi connectivity index (χ1v) is 5.87. The van der Waals surface area contributed by atoms with Gasteiger partial charge in [-0.15, -0.1) is 0 Å². The fourth-order valence-electron chi connectivity index (χ4n) is 2.43. The van der Waals surface area contributed by atoms with E-state index in [-0.39, 0.29) is 0 Å². The lowest BCUT2D eigenvalue weighted by atomic mass is 9.77. The lowest BCUT2D eigenvalue weighted by Crippen LogP contribution is -2.48. The highest BCUT2D eigenvalue weighted by Crippen LogP contribution is 2.29. The number of nitrogens with one attached hydrogen (secondary N) is 1. The van der Waals surface area contributed by atoms with E-state index in [0.717, 1.165) is 19.8 Å². The van der Waals surface area contributed by atoms with Gasteiger partial charge in [0.25, 0.3) is 0 Å². The van der Waals surface area contributed by atoms with Crippen LogP contribution < -0.4 is 5.32 Å². The molecule has 2 nitrogen and oxygen atoms in total. The van der Waals surface area contributed by atoms with Crippen LogP contribution in [0.1, 0.15) is 40.5 Å². The van der Waals surface area contributed by atoms with E-state index >= 15 is 0 Å². The normalized spacial score (nSPS) is 26.1. The molecule has 84 valence electrons. The Morgan fingerprint density at radius 3 is 2.57 bits per heavy atom. The summed E-state index contributed by atoms with van der Waals surface area (Å²) in [5.74, 6) is 0.698. The molecule has 0 saturated carbocycles. The molecule has 0 aliphatic carbocycles. The quantitative estimate of drug-likeness (QED) is 0.754. The van der Waals surface area contributed by atoms with Crippen LogP contribution in [-0.4, -0.2) is 25.8 Å². The zero-order valence-electron chi connectivity index (χ0n) is 10.1. The zero-order chi connectivity index (χ0) is 10.6. The Labute approximate surface area is 88.4 Å². The maximum absolute atomic E-state index is 5.56. The van der Waals surface area contributed by atoms with E-state index in [2.05, 4.69) is 33.0 Å². The molecule has 2 unspecified atom stereocenters. The molecule has 1 heterocycles. The average molecular weight is 199 g/mol. The Morgan fingerprint density at radius 1 is 1.43 bits per heavy atom. The third-order valence-electron chi connectivity index (χ3n) is 3.02. The third kappa shape index (κ3) is 3.25. The molecule has 14 heavy (non-hydrogen) atoms. The molecule has 0 radical (unpaired) electrons. The predicted octanol–water partition coefficient (Wildman–Crippen LogP) is 2.44. The van der Waals surface area contributed by atoms with Crippen molar-refractivity contribution in [3.05, 3.63) is 0 Å². The van der Waals surface area contributed by atoms with Gasteiger partial charge in [0.1, 0.15) is 0 Å². The van der Waals surface area contributed by atoms with Gasteiger partial charge in [-0.3, -0.25) is 0 Å². The van der Waals surface area contributed by atoms with Crippen LogP contribution in [-0.2, 0) is 4.74 Å². The Kier molecular flexibility index (Phi) is 4.39. The van der Waals surface area contributed by atoms with Crippen LogP contribution in [0.3, 0.4) is 0 Å². The van der Waals surface area contributed by atoms with E-state index in [4.69, 9.17) is 4.74 Å². The van der Waals surface area contributed by atoms with Crippen LogP contribution >= 0.6 is 0 Å². The highest BCUT2D eigenvalue weighted by atomic mass is 16.5. The topological polar surface area (TPSA) is 21.3 Å². The molecule has 0 spiro atoms. The Bertz CT molecular complexity index is 156. The number of ether oxygens (including phenoxy) is 1. The summed E-state index contributed by atoms with van der Waals surface area (Å²) >= 11 is 0. The van der Waals surface area contributed by atoms with Crippen molar-refractivity contribution in [2.24, 2.45) is 11.3 Å². The van der Waals surface area contributed by atoms with E-state index in [1.54, 1.807) is 0 Å². The van der Waals surface area contributed by atoms with E-state index in [1.807, 2.05) is 0 Å². The molecule has 0 bridgehead atoms. The van der Waals surface area contributed by atoms with Crippen LogP contribution in [0.25, 0.3) is 0 Å². The molecular weight excluding hydrogens is 174 g/mol. The molecule has 2 atom stereocenters. The largest absolute Gasteiger partial charge is 0.381 e. The van der Waals surface area contributed by atoms with E-state index in [1.165, 1.54) is 12.8 Å². The summed E-state index contributed by atoms with van der Waals surface area (Å²) in [5, 5.41) is 3.61. The first-order chi connectivity index (χ1) is 6.55. The molecule has 1 fully saturated rings. The number of rotatable bonds is 3. The standard InChI is InChI=1S/C12H25NO/c1-5-13-11(12(2,3)4)10-7-6-8-14-9-10/h10-11,13H,5-9H2,1-4H3. The van der Waals surface area contributed by atoms with Crippen molar-refractivity contribution < 1.29 is 4.74 Å².